The number of nitrogens with zero attached hydrogens (tertiary/aromatic N) is 1. The number of amides is 1. The van der Waals surface area contributed by atoms with Crippen molar-refractivity contribution < 1.29 is 9.53 Å². The average molecular weight is 265 g/mol. The minimum atomic E-state index is -0.0779. The number of carbonyl (C=O) groups excluding carboxylic acids is 1. The number of halogens is 1. The van der Waals surface area contributed by atoms with Crippen molar-refractivity contribution in [3.63, 3.8) is 0 Å². The molecule has 0 spiro atoms. The first-order valence-corrected chi connectivity index (χ1v) is 6.18. The standard InChI is InChI=1S/C12H24N2O2.ClH/c1-4-16-8-11-5-6-14(7-11)12(15)9(2)10(3)13;/h9-11H,4-8,13H2,1-3H3;1H. The molecule has 1 aliphatic heterocycles. The summed E-state index contributed by atoms with van der Waals surface area (Å²) in [5, 5.41) is 0. The summed E-state index contributed by atoms with van der Waals surface area (Å²) in [6, 6.07) is -0.0709. The summed E-state index contributed by atoms with van der Waals surface area (Å²) in [4.78, 5) is 13.9. The van der Waals surface area contributed by atoms with Crippen molar-refractivity contribution >= 4 is 18.3 Å². The number of nitrogens with two attached hydrogens (primary N) is 1. The van der Waals surface area contributed by atoms with Gasteiger partial charge in [-0.25, -0.2) is 0 Å². The van der Waals surface area contributed by atoms with Crippen LogP contribution in [-0.2, 0) is 9.53 Å². The van der Waals surface area contributed by atoms with Gasteiger partial charge in [-0.3, -0.25) is 4.79 Å². The monoisotopic (exact) mass is 264 g/mol. The van der Waals surface area contributed by atoms with Gasteiger partial charge in [0.05, 0.1) is 12.5 Å². The van der Waals surface area contributed by atoms with Crippen molar-refractivity contribution in [1.29, 1.82) is 0 Å². The maximum Gasteiger partial charge on any atom is 0.226 e. The van der Waals surface area contributed by atoms with Gasteiger partial charge in [-0.1, -0.05) is 6.92 Å². The van der Waals surface area contributed by atoms with Crippen molar-refractivity contribution in [2.45, 2.75) is 33.2 Å². The van der Waals surface area contributed by atoms with Gasteiger partial charge in [-0.2, -0.15) is 0 Å². The van der Waals surface area contributed by atoms with Gasteiger partial charge in [0, 0.05) is 31.7 Å². The van der Waals surface area contributed by atoms with Crippen molar-refractivity contribution in [1.82, 2.24) is 4.90 Å². The molecule has 0 aliphatic carbocycles. The molecule has 1 fully saturated rings. The number of likely N-dealkylation sites (tertiary alicyclic amines) is 1. The molecule has 3 atom stereocenters. The molecule has 4 nitrogen and oxygen atoms in total. The Hall–Kier alpha value is -0.320. The van der Waals surface area contributed by atoms with Gasteiger partial charge in [0.25, 0.3) is 0 Å². The predicted octanol–water partition coefficient (Wildman–Crippen LogP) is 1.28. The lowest BCUT2D eigenvalue weighted by atomic mass is 10.0. The van der Waals surface area contributed by atoms with Crippen LogP contribution in [0, 0.1) is 11.8 Å². The second-order valence-corrected chi connectivity index (χ2v) is 4.75. The molecule has 1 saturated heterocycles. The first-order chi connectivity index (χ1) is 7.56. The molecule has 102 valence electrons. The highest BCUT2D eigenvalue weighted by Gasteiger charge is 2.30. The highest BCUT2D eigenvalue weighted by molar-refractivity contribution is 5.85. The number of carbonyl (C=O) groups is 1. The van der Waals surface area contributed by atoms with Crippen LogP contribution < -0.4 is 5.73 Å². The molecule has 0 saturated carbocycles. The van der Waals surface area contributed by atoms with E-state index in [1.807, 2.05) is 25.7 Å². The van der Waals surface area contributed by atoms with Crippen molar-refractivity contribution in [2.75, 3.05) is 26.3 Å². The molecule has 3 unspecified atom stereocenters. The van der Waals surface area contributed by atoms with E-state index >= 15 is 0 Å². The maximum atomic E-state index is 12.0. The molecule has 17 heavy (non-hydrogen) atoms. The molecule has 0 aromatic carbocycles. The lowest BCUT2D eigenvalue weighted by Crippen LogP contribution is -2.40. The first kappa shape index (κ1) is 16.7. The van der Waals surface area contributed by atoms with E-state index in [9.17, 15) is 4.79 Å². The fourth-order valence-electron chi connectivity index (χ4n) is 1.97. The SMILES string of the molecule is CCOCC1CCN(C(=O)C(C)C(C)N)C1.Cl. The molecule has 0 radical (unpaired) electrons. The first-order valence-electron chi connectivity index (χ1n) is 6.18. The minimum Gasteiger partial charge on any atom is -0.381 e. The molecular formula is C12H25ClN2O2. The third-order valence-corrected chi connectivity index (χ3v) is 3.33. The van der Waals surface area contributed by atoms with Crippen LogP contribution in [0.15, 0.2) is 0 Å². The van der Waals surface area contributed by atoms with Crippen LogP contribution in [0.25, 0.3) is 0 Å². The van der Waals surface area contributed by atoms with Gasteiger partial charge in [-0.15, -0.1) is 12.4 Å². The lowest BCUT2D eigenvalue weighted by Gasteiger charge is -2.23. The third kappa shape index (κ3) is 4.82. The summed E-state index contributed by atoms with van der Waals surface area (Å²) < 4.78 is 5.39. The summed E-state index contributed by atoms with van der Waals surface area (Å²) in [5.74, 6) is 0.615. The van der Waals surface area contributed by atoms with Crippen LogP contribution in [0.3, 0.4) is 0 Å². The van der Waals surface area contributed by atoms with E-state index in [2.05, 4.69) is 0 Å². The van der Waals surface area contributed by atoms with Crippen LogP contribution in [0.4, 0.5) is 0 Å². The van der Waals surface area contributed by atoms with Gasteiger partial charge in [0.2, 0.25) is 5.91 Å². The molecule has 0 aromatic rings. The van der Waals surface area contributed by atoms with E-state index in [4.69, 9.17) is 10.5 Å². The summed E-state index contributed by atoms with van der Waals surface area (Å²) in [7, 11) is 0. The Labute approximate surface area is 110 Å². The molecule has 1 heterocycles. The smallest absolute Gasteiger partial charge is 0.226 e. The number of hydrogen-bond donors (Lipinski definition) is 1. The van der Waals surface area contributed by atoms with E-state index in [-0.39, 0.29) is 30.3 Å². The van der Waals surface area contributed by atoms with E-state index in [1.54, 1.807) is 0 Å². The Morgan fingerprint density at radius 2 is 2.18 bits per heavy atom. The van der Waals surface area contributed by atoms with Gasteiger partial charge >= 0.3 is 0 Å². The van der Waals surface area contributed by atoms with E-state index < -0.39 is 0 Å². The summed E-state index contributed by atoms with van der Waals surface area (Å²) in [6.45, 7) is 8.99. The Bertz CT molecular complexity index is 237. The largest absolute Gasteiger partial charge is 0.381 e. The summed E-state index contributed by atoms with van der Waals surface area (Å²) in [6.07, 6.45) is 1.05. The Balaban J connectivity index is 0.00000256. The Morgan fingerprint density at radius 1 is 1.53 bits per heavy atom. The van der Waals surface area contributed by atoms with Crippen molar-refractivity contribution in [3.8, 4) is 0 Å². The fraction of sp³-hybridized carbons (Fsp3) is 0.917. The van der Waals surface area contributed by atoms with Gasteiger partial charge in [-0.05, 0) is 20.3 Å². The highest BCUT2D eigenvalue weighted by Crippen LogP contribution is 2.19. The van der Waals surface area contributed by atoms with E-state index in [1.165, 1.54) is 0 Å². The zero-order valence-electron chi connectivity index (χ0n) is 11.0. The number of hydrogen-bond acceptors (Lipinski definition) is 3. The molecule has 1 amide bonds. The predicted molar refractivity (Wildman–Crippen MR) is 71.2 cm³/mol. The van der Waals surface area contributed by atoms with Crippen molar-refractivity contribution in [2.24, 2.45) is 17.6 Å². The number of ether oxygens (including phenoxy) is 1. The van der Waals surface area contributed by atoms with Crippen LogP contribution in [0.1, 0.15) is 27.2 Å². The second kappa shape index (κ2) is 7.90. The Kier molecular flexibility index (Phi) is 7.75. The third-order valence-electron chi connectivity index (χ3n) is 3.33. The van der Waals surface area contributed by atoms with E-state index in [0.717, 1.165) is 32.7 Å². The fourth-order valence-corrected chi connectivity index (χ4v) is 1.97. The molecule has 2 N–H and O–H groups in total. The van der Waals surface area contributed by atoms with Crippen LogP contribution >= 0.6 is 12.4 Å². The lowest BCUT2D eigenvalue weighted by molar-refractivity contribution is -0.134. The topological polar surface area (TPSA) is 55.6 Å². The van der Waals surface area contributed by atoms with Crippen LogP contribution in [0.2, 0.25) is 0 Å². The minimum absolute atomic E-state index is 0. The summed E-state index contributed by atoms with van der Waals surface area (Å²) >= 11 is 0. The molecule has 1 aliphatic rings. The molecule has 5 heteroatoms. The van der Waals surface area contributed by atoms with Gasteiger partial charge in [0.15, 0.2) is 0 Å². The zero-order chi connectivity index (χ0) is 12.1. The summed E-state index contributed by atoms with van der Waals surface area (Å²) in [5.41, 5.74) is 5.75. The van der Waals surface area contributed by atoms with E-state index in [0.29, 0.717) is 5.92 Å². The molecule has 1 rings (SSSR count). The maximum absolute atomic E-state index is 12.0. The average Bonchev–Trinajstić information content (AvgIpc) is 2.72. The zero-order valence-corrected chi connectivity index (χ0v) is 11.8. The second-order valence-electron chi connectivity index (χ2n) is 4.75. The molecule has 0 aromatic heterocycles. The van der Waals surface area contributed by atoms with Crippen molar-refractivity contribution in [3.05, 3.63) is 0 Å². The van der Waals surface area contributed by atoms with Crippen LogP contribution in [0.5, 0.6) is 0 Å². The highest BCUT2D eigenvalue weighted by atomic mass is 35.5. The van der Waals surface area contributed by atoms with Gasteiger partial charge < -0.3 is 15.4 Å². The normalized spacial score (nSPS) is 23.1. The Morgan fingerprint density at radius 3 is 2.71 bits per heavy atom. The molecular weight excluding hydrogens is 240 g/mol. The van der Waals surface area contributed by atoms with Gasteiger partial charge in [0.1, 0.15) is 0 Å². The molecule has 0 bridgehead atoms. The quantitative estimate of drug-likeness (QED) is 0.814. The van der Waals surface area contributed by atoms with Crippen LogP contribution in [-0.4, -0.2) is 43.2 Å². The number of rotatable bonds is 5.